The Kier molecular flexibility index (Phi) is 6.52. The number of methoxy groups -OCH3 is 2. The molecule has 0 saturated carbocycles. The first-order valence-corrected chi connectivity index (χ1v) is 8.38. The summed E-state index contributed by atoms with van der Waals surface area (Å²) in [5.41, 5.74) is 1.24. The normalized spacial score (nSPS) is 18.2. The first-order valence-electron chi connectivity index (χ1n) is 8.38. The quantitative estimate of drug-likeness (QED) is 0.838. The monoisotopic (exact) mass is 306 g/mol. The number of likely N-dealkylation sites (tertiary alicyclic amines) is 1. The zero-order chi connectivity index (χ0) is 15.9. The summed E-state index contributed by atoms with van der Waals surface area (Å²) in [6.45, 7) is 8.13. The first-order chi connectivity index (χ1) is 10.7. The number of nitrogens with zero attached hydrogens (tertiary/aromatic N) is 1. The van der Waals surface area contributed by atoms with E-state index in [1.54, 1.807) is 14.2 Å². The van der Waals surface area contributed by atoms with Crippen LogP contribution in [-0.2, 0) is 0 Å². The van der Waals surface area contributed by atoms with Crippen LogP contribution in [-0.4, -0.2) is 44.8 Å². The van der Waals surface area contributed by atoms with E-state index in [-0.39, 0.29) is 0 Å². The van der Waals surface area contributed by atoms with Crippen molar-refractivity contribution in [1.82, 2.24) is 10.2 Å². The van der Waals surface area contributed by atoms with Gasteiger partial charge in [-0.3, -0.25) is 0 Å². The Labute approximate surface area is 134 Å². The molecule has 1 aromatic rings. The van der Waals surface area contributed by atoms with Crippen LogP contribution in [0.15, 0.2) is 18.2 Å². The van der Waals surface area contributed by atoms with Gasteiger partial charge in [0.25, 0.3) is 0 Å². The third-order valence-electron chi connectivity index (χ3n) is 4.52. The molecule has 22 heavy (non-hydrogen) atoms. The van der Waals surface area contributed by atoms with Crippen molar-refractivity contribution in [2.75, 3.05) is 33.9 Å². The number of benzene rings is 1. The molecule has 0 amide bonds. The molecule has 1 N–H and O–H groups in total. The van der Waals surface area contributed by atoms with Crippen molar-refractivity contribution in [3.8, 4) is 11.5 Å². The van der Waals surface area contributed by atoms with Gasteiger partial charge in [-0.15, -0.1) is 0 Å². The van der Waals surface area contributed by atoms with Crippen molar-refractivity contribution < 1.29 is 9.47 Å². The highest BCUT2D eigenvalue weighted by atomic mass is 16.5. The zero-order valence-electron chi connectivity index (χ0n) is 14.4. The van der Waals surface area contributed by atoms with Gasteiger partial charge >= 0.3 is 0 Å². The van der Waals surface area contributed by atoms with Crippen LogP contribution in [0.1, 0.15) is 44.7 Å². The summed E-state index contributed by atoms with van der Waals surface area (Å²) in [6.07, 6.45) is 3.72. The Balaban J connectivity index is 1.91. The standard InChI is InChI=1S/C18H30N2O2/c1-5-10-20-11-8-16(9-12-20)19-14(2)15-6-7-17(21-3)18(13-15)22-4/h6-7,13-14,16,19H,5,8-12H2,1-4H3. The molecular weight excluding hydrogens is 276 g/mol. The van der Waals surface area contributed by atoms with E-state index in [1.807, 2.05) is 6.07 Å². The number of nitrogens with one attached hydrogen (secondary N) is 1. The fourth-order valence-electron chi connectivity index (χ4n) is 3.21. The minimum absolute atomic E-state index is 0.322. The maximum Gasteiger partial charge on any atom is 0.161 e. The van der Waals surface area contributed by atoms with Crippen LogP contribution in [0.5, 0.6) is 11.5 Å². The molecule has 1 aliphatic heterocycles. The minimum atomic E-state index is 0.322. The second-order valence-corrected chi connectivity index (χ2v) is 6.12. The van der Waals surface area contributed by atoms with Crippen molar-refractivity contribution in [3.05, 3.63) is 23.8 Å². The molecule has 1 atom stereocenters. The maximum absolute atomic E-state index is 5.40. The molecule has 0 aliphatic carbocycles. The number of hydrogen-bond donors (Lipinski definition) is 1. The summed E-state index contributed by atoms with van der Waals surface area (Å²) < 4.78 is 10.7. The highest BCUT2D eigenvalue weighted by molar-refractivity contribution is 5.43. The fourth-order valence-corrected chi connectivity index (χ4v) is 3.21. The maximum atomic E-state index is 5.40. The van der Waals surface area contributed by atoms with Crippen molar-refractivity contribution in [1.29, 1.82) is 0 Å². The van der Waals surface area contributed by atoms with E-state index in [1.165, 1.54) is 44.5 Å². The van der Waals surface area contributed by atoms with Gasteiger partial charge in [0.15, 0.2) is 11.5 Å². The second-order valence-electron chi connectivity index (χ2n) is 6.12. The fraction of sp³-hybridized carbons (Fsp3) is 0.667. The first kappa shape index (κ1) is 17.1. The van der Waals surface area contributed by atoms with E-state index in [0.717, 1.165) is 11.5 Å². The van der Waals surface area contributed by atoms with Crippen molar-refractivity contribution in [2.24, 2.45) is 0 Å². The largest absolute Gasteiger partial charge is 0.493 e. The number of hydrogen-bond acceptors (Lipinski definition) is 4. The van der Waals surface area contributed by atoms with Gasteiger partial charge in [0.2, 0.25) is 0 Å². The van der Waals surface area contributed by atoms with Gasteiger partial charge in [-0.2, -0.15) is 0 Å². The van der Waals surface area contributed by atoms with Crippen molar-refractivity contribution in [2.45, 2.75) is 45.2 Å². The van der Waals surface area contributed by atoms with E-state index in [2.05, 4.69) is 36.2 Å². The van der Waals surface area contributed by atoms with E-state index in [4.69, 9.17) is 9.47 Å². The summed E-state index contributed by atoms with van der Waals surface area (Å²) in [4.78, 5) is 2.57. The molecule has 2 rings (SSSR count). The molecule has 1 saturated heterocycles. The number of ether oxygens (including phenoxy) is 2. The molecule has 1 unspecified atom stereocenters. The molecule has 124 valence electrons. The summed E-state index contributed by atoms with van der Waals surface area (Å²) in [5, 5.41) is 3.76. The predicted octanol–water partition coefficient (Wildman–Crippen LogP) is 3.23. The summed E-state index contributed by atoms with van der Waals surface area (Å²) in [6, 6.07) is 7.10. The highest BCUT2D eigenvalue weighted by Gasteiger charge is 2.20. The summed E-state index contributed by atoms with van der Waals surface area (Å²) in [7, 11) is 3.35. The lowest BCUT2D eigenvalue weighted by atomic mass is 10.0. The van der Waals surface area contributed by atoms with Gasteiger partial charge in [0, 0.05) is 12.1 Å². The van der Waals surface area contributed by atoms with Gasteiger partial charge in [-0.05, 0) is 63.5 Å². The molecule has 0 bridgehead atoms. The molecule has 1 aromatic carbocycles. The molecule has 0 aromatic heterocycles. The molecule has 1 heterocycles. The van der Waals surface area contributed by atoms with Crippen LogP contribution in [0, 0.1) is 0 Å². The lowest BCUT2D eigenvalue weighted by Gasteiger charge is -2.34. The topological polar surface area (TPSA) is 33.7 Å². The van der Waals surface area contributed by atoms with E-state index < -0.39 is 0 Å². The van der Waals surface area contributed by atoms with E-state index in [0.29, 0.717) is 12.1 Å². The Hall–Kier alpha value is -1.26. The average Bonchev–Trinajstić information content (AvgIpc) is 2.56. The summed E-state index contributed by atoms with van der Waals surface area (Å²) in [5.74, 6) is 1.58. The molecular formula is C18H30N2O2. The van der Waals surface area contributed by atoms with Gasteiger partial charge < -0.3 is 19.7 Å². The van der Waals surface area contributed by atoms with Gasteiger partial charge in [0.1, 0.15) is 0 Å². The van der Waals surface area contributed by atoms with Gasteiger partial charge in [-0.1, -0.05) is 13.0 Å². The van der Waals surface area contributed by atoms with E-state index in [9.17, 15) is 0 Å². The minimum Gasteiger partial charge on any atom is -0.493 e. The molecule has 0 radical (unpaired) electrons. The SMILES string of the molecule is CCCN1CCC(NC(C)c2ccc(OC)c(OC)c2)CC1. The average molecular weight is 306 g/mol. The Morgan fingerprint density at radius 1 is 1.18 bits per heavy atom. The smallest absolute Gasteiger partial charge is 0.161 e. The molecule has 4 nitrogen and oxygen atoms in total. The van der Waals surface area contributed by atoms with Gasteiger partial charge in [-0.25, -0.2) is 0 Å². The molecule has 0 spiro atoms. The number of rotatable bonds is 7. The van der Waals surface area contributed by atoms with Crippen LogP contribution in [0.4, 0.5) is 0 Å². The van der Waals surface area contributed by atoms with Crippen LogP contribution >= 0.6 is 0 Å². The Morgan fingerprint density at radius 3 is 2.45 bits per heavy atom. The Morgan fingerprint density at radius 2 is 1.86 bits per heavy atom. The van der Waals surface area contributed by atoms with Crippen LogP contribution in [0.2, 0.25) is 0 Å². The molecule has 1 aliphatic rings. The van der Waals surface area contributed by atoms with Crippen LogP contribution < -0.4 is 14.8 Å². The van der Waals surface area contributed by atoms with Crippen molar-refractivity contribution in [3.63, 3.8) is 0 Å². The molecule has 1 fully saturated rings. The Bertz CT molecular complexity index is 456. The third-order valence-corrected chi connectivity index (χ3v) is 4.52. The van der Waals surface area contributed by atoms with Crippen LogP contribution in [0.3, 0.4) is 0 Å². The predicted molar refractivity (Wildman–Crippen MR) is 90.8 cm³/mol. The second kappa shape index (κ2) is 8.39. The third kappa shape index (κ3) is 4.37. The summed E-state index contributed by atoms with van der Waals surface area (Å²) >= 11 is 0. The van der Waals surface area contributed by atoms with Crippen LogP contribution in [0.25, 0.3) is 0 Å². The lowest BCUT2D eigenvalue weighted by Crippen LogP contribution is -2.43. The van der Waals surface area contributed by atoms with Crippen molar-refractivity contribution >= 4 is 0 Å². The lowest BCUT2D eigenvalue weighted by molar-refractivity contribution is 0.192. The highest BCUT2D eigenvalue weighted by Crippen LogP contribution is 2.30. The van der Waals surface area contributed by atoms with E-state index >= 15 is 0 Å². The number of piperidine rings is 1. The van der Waals surface area contributed by atoms with Gasteiger partial charge in [0.05, 0.1) is 14.2 Å². The zero-order valence-corrected chi connectivity index (χ0v) is 14.4. The molecule has 4 heteroatoms.